The van der Waals surface area contributed by atoms with Crippen molar-refractivity contribution in [3.8, 4) is 23.5 Å². The molecule has 1 aromatic carbocycles. The number of hydrogen-bond acceptors (Lipinski definition) is 6. The zero-order chi connectivity index (χ0) is 22.1. The van der Waals surface area contributed by atoms with E-state index in [1.54, 1.807) is 50.3 Å². The third-order valence-electron chi connectivity index (χ3n) is 4.89. The van der Waals surface area contributed by atoms with Crippen LogP contribution in [0.5, 0.6) is 5.75 Å². The van der Waals surface area contributed by atoms with Crippen molar-refractivity contribution in [2.24, 2.45) is 7.05 Å². The molecule has 31 heavy (non-hydrogen) atoms. The average molecular weight is 414 g/mol. The Bertz CT molecular complexity index is 1440. The summed E-state index contributed by atoms with van der Waals surface area (Å²) in [7, 11) is 7.20. The van der Waals surface area contributed by atoms with E-state index in [-0.39, 0.29) is 5.69 Å². The minimum absolute atomic E-state index is 0.245. The molecule has 0 aliphatic carbocycles. The van der Waals surface area contributed by atoms with Crippen molar-refractivity contribution in [1.82, 2.24) is 29.0 Å². The van der Waals surface area contributed by atoms with E-state index in [9.17, 15) is 4.79 Å². The fourth-order valence-corrected chi connectivity index (χ4v) is 3.56. The Kier molecular flexibility index (Phi) is 5.17. The molecule has 0 atom stereocenters. The van der Waals surface area contributed by atoms with E-state index in [0.29, 0.717) is 28.2 Å². The standard InChI is InChI=1S/C23H22N6O2/c1-6-8-15(14-27(2)3)16-11-17-18(12-20(16)31-5)26-13-19-21(17)29(23(30)28(19)4)22-24-9-7-10-25-22/h7,9-14H,1-5H3/b15-14+. The number of nitrogens with zero attached hydrogens (tertiary/aromatic N) is 6. The van der Waals surface area contributed by atoms with Gasteiger partial charge in [-0.15, -0.1) is 5.92 Å². The SMILES string of the molecule is CC#C/C(=C\N(C)C)c1cc2c(cc1OC)ncc1c2n(-c2ncccn2)c(=O)n1C. The molecule has 3 aromatic heterocycles. The van der Waals surface area contributed by atoms with Crippen molar-refractivity contribution in [3.05, 3.63) is 59.0 Å². The lowest BCUT2D eigenvalue weighted by Crippen LogP contribution is -2.22. The Balaban J connectivity index is 2.16. The first-order chi connectivity index (χ1) is 15.0. The molecule has 0 radical (unpaired) electrons. The van der Waals surface area contributed by atoms with Crippen LogP contribution >= 0.6 is 0 Å². The van der Waals surface area contributed by atoms with Crippen LogP contribution in [0.15, 0.2) is 47.8 Å². The maximum absolute atomic E-state index is 13.1. The Morgan fingerprint density at radius 1 is 1.19 bits per heavy atom. The minimum atomic E-state index is -0.245. The maximum Gasteiger partial charge on any atom is 0.335 e. The summed E-state index contributed by atoms with van der Waals surface area (Å²) < 4.78 is 8.71. The van der Waals surface area contributed by atoms with Crippen molar-refractivity contribution in [2.45, 2.75) is 6.92 Å². The fourth-order valence-electron chi connectivity index (χ4n) is 3.56. The van der Waals surface area contributed by atoms with Crippen molar-refractivity contribution in [3.63, 3.8) is 0 Å². The number of aromatic nitrogens is 5. The molecule has 0 aliphatic heterocycles. The Hall–Kier alpha value is -4.12. The Morgan fingerprint density at radius 3 is 2.58 bits per heavy atom. The Morgan fingerprint density at radius 2 is 1.94 bits per heavy atom. The molecule has 0 saturated heterocycles. The molecule has 0 spiro atoms. The van der Waals surface area contributed by atoms with Gasteiger partial charge in [-0.25, -0.2) is 19.3 Å². The molecule has 0 fully saturated rings. The molecule has 0 aliphatic rings. The summed E-state index contributed by atoms with van der Waals surface area (Å²) in [5, 5.41) is 0.779. The van der Waals surface area contributed by atoms with E-state index in [2.05, 4.69) is 26.8 Å². The second-order valence-electron chi connectivity index (χ2n) is 7.17. The first-order valence-electron chi connectivity index (χ1n) is 9.63. The van der Waals surface area contributed by atoms with Crippen LogP contribution in [0.3, 0.4) is 0 Å². The number of methoxy groups -OCH3 is 1. The van der Waals surface area contributed by atoms with Crippen LogP contribution in [0.1, 0.15) is 12.5 Å². The van der Waals surface area contributed by atoms with Gasteiger partial charge in [-0.05, 0) is 19.1 Å². The molecule has 156 valence electrons. The van der Waals surface area contributed by atoms with Crippen molar-refractivity contribution in [2.75, 3.05) is 21.2 Å². The quantitative estimate of drug-likeness (QED) is 0.478. The van der Waals surface area contributed by atoms with E-state index in [4.69, 9.17) is 4.74 Å². The van der Waals surface area contributed by atoms with E-state index in [0.717, 1.165) is 16.5 Å². The smallest absolute Gasteiger partial charge is 0.335 e. The minimum Gasteiger partial charge on any atom is -0.496 e. The molecule has 0 N–H and O–H groups in total. The molecule has 3 heterocycles. The summed E-state index contributed by atoms with van der Waals surface area (Å²) in [6, 6.07) is 5.53. The van der Waals surface area contributed by atoms with Crippen LogP contribution in [0, 0.1) is 11.8 Å². The van der Waals surface area contributed by atoms with E-state index in [1.807, 2.05) is 37.3 Å². The highest BCUT2D eigenvalue weighted by molar-refractivity contribution is 6.05. The van der Waals surface area contributed by atoms with Gasteiger partial charge in [0.25, 0.3) is 0 Å². The molecular weight excluding hydrogens is 392 g/mol. The molecule has 4 aromatic rings. The highest BCUT2D eigenvalue weighted by Gasteiger charge is 2.20. The van der Waals surface area contributed by atoms with Crippen LogP contribution in [0.4, 0.5) is 0 Å². The highest BCUT2D eigenvalue weighted by atomic mass is 16.5. The lowest BCUT2D eigenvalue weighted by molar-refractivity contribution is 0.414. The molecule has 0 saturated carbocycles. The monoisotopic (exact) mass is 414 g/mol. The van der Waals surface area contributed by atoms with Gasteiger partial charge in [-0.2, -0.15) is 0 Å². The van der Waals surface area contributed by atoms with Crippen LogP contribution in [0.2, 0.25) is 0 Å². The number of rotatable bonds is 4. The highest BCUT2D eigenvalue weighted by Crippen LogP contribution is 2.34. The van der Waals surface area contributed by atoms with Gasteiger partial charge in [0, 0.05) is 56.8 Å². The molecule has 0 unspecified atom stereocenters. The number of imidazole rings is 1. The topological polar surface area (TPSA) is 78.1 Å². The van der Waals surface area contributed by atoms with Crippen LogP contribution < -0.4 is 10.4 Å². The van der Waals surface area contributed by atoms with Crippen LogP contribution in [-0.2, 0) is 7.05 Å². The van der Waals surface area contributed by atoms with Crippen LogP contribution in [-0.4, -0.2) is 50.2 Å². The van der Waals surface area contributed by atoms with Gasteiger partial charge >= 0.3 is 5.69 Å². The molecule has 8 heteroatoms. The first kappa shape index (κ1) is 20.2. The summed E-state index contributed by atoms with van der Waals surface area (Å²) in [6.07, 6.45) is 6.84. The average Bonchev–Trinajstić information content (AvgIpc) is 3.03. The number of allylic oxidation sites excluding steroid dienone is 1. The van der Waals surface area contributed by atoms with E-state index in [1.165, 1.54) is 4.57 Å². The predicted molar refractivity (Wildman–Crippen MR) is 121 cm³/mol. The number of fused-ring (bicyclic) bond motifs is 3. The maximum atomic E-state index is 13.1. The lowest BCUT2D eigenvalue weighted by Gasteiger charge is -2.13. The summed E-state index contributed by atoms with van der Waals surface area (Å²) >= 11 is 0. The van der Waals surface area contributed by atoms with E-state index >= 15 is 0 Å². The van der Waals surface area contributed by atoms with Gasteiger partial charge in [0.15, 0.2) is 0 Å². The van der Waals surface area contributed by atoms with Gasteiger partial charge in [0.1, 0.15) is 5.75 Å². The lowest BCUT2D eigenvalue weighted by atomic mass is 10.0. The number of ether oxygens (including phenoxy) is 1. The molecule has 8 nitrogen and oxygen atoms in total. The molecular formula is C23H22N6O2. The molecule has 0 amide bonds. The predicted octanol–water partition coefficient (Wildman–Crippen LogP) is 2.60. The molecule has 4 rings (SSSR count). The zero-order valence-electron chi connectivity index (χ0n) is 18.0. The van der Waals surface area contributed by atoms with Gasteiger partial charge in [0.05, 0.1) is 35.4 Å². The van der Waals surface area contributed by atoms with Gasteiger partial charge in [-0.1, -0.05) is 5.92 Å². The molecule has 0 bridgehead atoms. The van der Waals surface area contributed by atoms with Crippen molar-refractivity contribution < 1.29 is 4.74 Å². The number of hydrogen-bond donors (Lipinski definition) is 0. The fraction of sp³-hybridized carbons (Fsp3) is 0.217. The summed E-state index contributed by atoms with van der Waals surface area (Å²) in [5.74, 6) is 7.07. The van der Waals surface area contributed by atoms with Gasteiger partial charge in [-0.3, -0.25) is 9.55 Å². The Labute approximate surface area is 179 Å². The third kappa shape index (κ3) is 3.40. The number of benzene rings is 1. The first-order valence-corrected chi connectivity index (χ1v) is 9.63. The normalized spacial score (nSPS) is 11.5. The summed E-state index contributed by atoms with van der Waals surface area (Å²) in [5.41, 5.74) is 3.41. The number of aryl methyl sites for hydroxylation is 1. The summed E-state index contributed by atoms with van der Waals surface area (Å²) in [6.45, 7) is 1.79. The van der Waals surface area contributed by atoms with Gasteiger partial charge < -0.3 is 9.64 Å². The van der Waals surface area contributed by atoms with Crippen LogP contribution in [0.25, 0.3) is 33.5 Å². The zero-order valence-corrected chi connectivity index (χ0v) is 18.0. The largest absolute Gasteiger partial charge is 0.496 e. The number of pyridine rings is 1. The third-order valence-corrected chi connectivity index (χ3v) is 4.89. The van der Waals surface area contributed by atoms with Crippen molar-refractivity contribution >= 4 is 27.5 Å². The van der Waals surface area contributed by atoms with Gasteiger partial charge in [0.2, 0.25) is 5.95 Å². The second kappa shape index (κ2) is 7.95. The van der Waals surface area contributed by atoms with Crippen molar-refractivity contribution in [1.29, 1.82) is 0 Å². The second-order valence-corrected chi connectivity index (χ2v) is 7.17. The summed E-state index contributed by atoms with van der Waals surface area (Å²) in [4.78, 5) is 28.2. The van der Waals surface area contributed by atoms with E-state index < -0.39 is 0 Å².